The Kier molecular flexibility index (Phi) is 5.51. The molecule has 108 valence electrons. The molecule has 2 saturated heterocycles. The van der Waals surface area contributed by atoms with E-state index >= 15 is 0 Å². The highest BCUT2D eigenvalue weighted by molar-refractivity contribution is 7.99. The molecule has 0 radical (unpaired) electrons. The summed E-state index contributed by atoms with van der Waals surface area (Å²) in [5.41, 5.74) is 0. The fourth-order valence-corrected chi connectivity index (χ4v) is 3.79. The number of carboxylic acids is 1. The topological polar surface area (TPSA) is 66.8 Å². The van der Waals surface area contributed by atoms with E-state index in [2.05, 4.69) is 0 Å². The van der Waals surface area contributed by atoms with Crippen molar-refractivity contribution in [2.45, 2.75) is 31.8 Å². The predicted molar refractivity (Wildman–Crippen MR) is 73.2 cm³/mol. The number of ether oxygens (including phenoxy) is 1. The van der Waals surface area contributed by atoms with E-state index in [1.54, 1.807) is 4.90 Å². The number of carbonyl (C=O) groups excluding carboxylic acids is 1. The molecule has 2 aliphatic heterocycles. The lowest BCUT2D eigenvalue weighted by Crippen LogP contribution is -2.46. The molecule has 1 unspecified atom stereocenters. The summed E-state index contributed by atoms with van der Waals surface area (Å²) >= 11 is 1.96. The van der Waals surface area contributed by atoms with Crippen molar-refractivity contribution >= 4 is 23.6 Å². The lowest BCUT2D eigenvalue weighted by atomic mass is 9.98. The van der Waals surface area contributed by atoms with Gasteiger partial charge in [-0.15, -0.1) is 0 Å². The molecule has 0 aliphatic carbocycles. The number of rotatable bonds is 4. The summed E-state index contributed by atoms with van der Waals surface area (Å²) in [6, 6.07) is 0. The lowest BCUT2D eigenvalue weighted by molar-refractivity contribution is -0.148. The van der Waals surface area contributed by atoms with Crippen LogP contribution in [0.25, 0.3) is 0 Å². The van der Waals surface area contributed by atoms with Crippen molar-refractivity contribution in [1.82, 2.24) is 4.90 Å². The normalized spacial score (nSPS) is 25.3. The average Bonchev–Trinajstić information content (AvgIpc) is 2.39. The van der Waals surface area contributed by atoms with Crippen LogP contribution in [0.2, 0.25) is 0 Å². The van der Waals surface area contributed by atoms with Crippen LogP contribution < -0.4 is 0 Å². The van der Waals surface area contributed by atoms with Gasteiger partial charge in [-0.05, 0) is 30.3 Å². The first-order chi connectivity index (χ1) is 9.15. The summed E-state index contributed by atoms with van der Waals surface area (Å²) < 4.78 is 5.38. The van der Waals surface area contributed by atoms with Gasteiger partial charge in [-0.25, -0.2) is 0 Å². The maximum atomic E-state index is 12.2. The van der Waals surface area contributed by atoms with E-state index in [1.165, 1.54) is 0 Å². The molecule has 2 rings (SSSR count). The van der Waals surface area contributed by atoms with Gasteiger partial charge in [0.1, 0.15) is 0 Å². The largest absolute Gasteiger partial charge is 0.481 e. The molecule has 0 spiro atoms. The van der Waals surface area contributed by atoms with Crippen LogP contribution in [-0.4, -0.2) is 59.2 Å². The summed E-state index contributed by atoms with van der Waals surface area (Å²) in [4.78, 5) is 24.7. The molecule has 2 aliphatic rings. The third-order valence-corrected chi connectivity index (χ3v) is 4.75. The van der Waals surface area contributed by atoms with Crippen LogP contribution in [0.5, 0.6) is 0 Å². The molecule has 0 bridgehead atoms. The van der Waals surface area contributed by atoms with Crippen molar-refractivity contribution < 1.29 is 19.4 Å². The Morgan fingerprint density at radius 1 is 1.26 bits per heavy atom. The van der Waals surface area contributed by atoms with Gasteiger partial charge in [-0.3, -0.25) is 9.59 Å². The third-order valence-electron chi connectivity index (χ3n) is 3.70. The quantitative estimate of drug-likeness (QED) is 0.842. The third kappa shape index (κ3) is 4.69. The summed E-state index contributed by atoms with van der Waals surface area (Å²) in [5, 5.41) is 8.77. The van der Waals surface area contributed by atoms with E-state index in [0.29, 0.717) is 32.0 Å². The predicted octanol–water partition coefficient (Wildman–Crippen LogP) is 1.22. The molecule has 1 amide bonds. The Hall–Kier alpha value is -0.750. The van der Waals surface area contributed by atoms with E-state index < -0.39 is 5.97 Å². The van der Waals surface area contributed by atoms with Gasteiger partial charge in [0.2, 0.25) is 5.91 Å². The molecule has 0 aromatic carbocycles. The highest BCUT2D eigenvalue weighted by Gasteiger charge is 2.27. The molecule has 1 atom stereocenters. The van der Waals surface area contributed by atoms with Crippen LogP contribution in [0, 0.1) is 5.92 Å². The zero-order chi connectivity index (χ0) is 13.7. The average molecular weight is 287 g/mol. The smallest absolute Gasteiger partial charge is 0.306 e. The molecule has 0 aromatic rings. The lowest BCUT2D eigenvalue weighted by Gasteiger charge is -2.33. The number of hydrogen-bond donors (Lipinski definition) is 1. The number of aliphatic carboxylic acids is 1. The minimum atomic E-state index is -0.872. The van der Waals surface area contributed by atoms with Crippen LogP contribution in [0.15, 0.2) is 0 Å². The molecule has 2 fully saturated rings. The molecule has 6 heteroatoms. The molecule has 1 N–H and O–H groups in total. The second-order valence-corrected chi connectivity index (χ2v) is 6.42. The maximum absolute atomic E-state index is 12.2. The Labute approximate surface area is 117 Å². The second kappa shape index (κ2) is 7.14. The summed E-state index contributed by atoms with van der Waals surface area (Å²) in [6.45, 7) is 1.47. The van der Waals surface area contributed by atoms with E-state index in [0.717, 1.165) is 24.3 Å². The zero-order valence-electron chi connectivity index (χ0n) is 11.0. The number of carboxylic acid groups (broad SMARTS) is 1. The van der Waals surface area contributed by atoms with Crippen LogP contribution in [0.1, 0.15) is 25.7 Å². The molecule has 0 aromatic heterocycles. The Bertz CT molecular complexity index is 331. The Balaban J connectivity index is 1.79. The molecule has 0 saturated carbocycles. The van der Waals surface area contributed by atoms with Gasteiger partial charge in [0.15, 0.2) is 0 Å². The van der Waals surface area contributed by atoms with E-state index in [-0.39, 0.29) is 18.4 Å². The number of thioether (sulfide) groups is 1. The van der Waals surface area contributed by atoms with Crippen LogP contribution in [0.3, 0.4) is 0 Å². The van der Waals surface area contributed by atoms with Gasteiger partial charge in [0.05, 0.1) is 19.1 Å². The molecule has 19 heavy (non-hydrogen) atoms. The number of hydrogen-bond acceptors (Lipinski definition) is 4. The highest BCUT2D eigenvalue weighted by Crippen LogP contribution is 2.26. The highest BCUT2D eigenvalue weighted by atomic mass is 32.2. The molecular formula is C13H21NO4S. The van der Waals surface area contributed by atoms with E-state index in [9.17, 15) is 9.59 Å². The fraction of sp³-hybridized carbons (Fsp3) is 0.846. The van der Waals surface area contributed by atoms with Crippen LogP contribution in [-0.2, 0) is 14.3 Å². The SMILES string of the molecule is O=C(O)CC1CN(C(=O)CC2CCSCC2)CCO1. The van der Waals surface area contributed by atoms with Crippen molar-refractivity contribution in [1.29, 1.82) is 0 Å². The van der Waals surface area contributed by atoms with Gasteiger partial charge >= 0.3 is 5.97 Å². The minimum Gasteiger partial charge on any atom is -0.481 e. The van der Waals surface area contributed by atoms with Gasteiger partial charge in [-0.2, -0.15) is 11.8 Å². The molecule has 5 nitrogen and oxygen atoms in total. The first kappa shape index (κ1) is 14.7. The van der Waals surface area contributed by atoms with Crippen LogP contribution in [0.4, 0.5) is 0 Å². The Morgan fingerprint density at radius 2 is 2.00 bits per heavy atom. The summed E-state index contributed by atoms with van der Waals surface area (Å²) in [5.74, 6) is 2.11. The van der Waals surface area contributed by atoms with Crippen molar-refractivity contribution in [3.8, 4) is 0 Å². The van der Waals surface area contributed by atoms with Crippen molar-refractivity contribution in [3.05, 3.63) is 0 Å². The second-order valence-electron chi connectivity index (χ2n) is 5.19. The monoisotopic (exact) mass is 287 g/mol. The first-order valence-corrected chi connectivity index (χ1v) is 7.99. The number of nitrogens with zero attached hydrogens (tertiary/aromatic N) is 1. The summed E-state index contributed by atoms with van der Waals surface area (Å²) in [6.07, 6.45) is 2.49. The standard InChI is InChI=1S/C13H21NO4S/c15-12(7-10-1-5-19-6-2-10)14-3-4-18-11(9-14)8-13(16)17/h10-11H,1-9H2,(H,16,17). The number of carbonyl (C=O) groups is 2. The number of amides is 1. The van der Waals surface area contributed by atoms with Crippen LogP contribution >= 0.6 is 11.8 Å². The minimum absolute atomic E-state index is 0.0240. The Morgan fingerprint density at radius 3 is 2.68 bits per heavy atom. The van der Waals surface area contributed by atoms with E-state index in [1.807, 2.05) is 11.8 Å². The zero-order valence-corrected chi connectivity index (χ0v) is 11.9. The van der Waals surface area contributed by atoms with Gasteiger partial charge in [-0.1, -0.05) is 0 Å². The van der Waals surface area contributed by atoms with Crippen molar-refractivity contribution in [2.75, 3.05) is 31.2 Å². The molecular weight excluding hydrogens is 266 g/mol. The number of morpholine rings is 1. The van der Waals surface area contributed by atoms with Gasteiger partial charge in [0.25, 0.3) is 0 Å². The first-order valence-electron chi connectivity index (χ1n) is 6.84. The van der Waals surface area contributed by atoms with E-state index in [4.69, 9.17) is 9.84 Å². The fourth-order valence-electron chi connectivity index (χ4n) is 2.59. The summed E-state index contributed by atoms with van der Waals surface area (Å²) in [7, 11) is 0. The van der Waals surface area contributed by atoms with Gasteiger partial charge in [0, 0.05) is 19.5 Å². The van der Waals surface area contributed by atoms with Crippen molar-refractivity contribution in [2.24, 2.45) is 5.92 Å². The maximum Gasteiger partial charge on any atom is 0.306 e. The molecule has 2 heterocycles. The van der Waals surface area contributed by atoms with Gasteiger partial charge < -0.3 is 14.7 Å². The van der Waals surface area contributed by atoms with Crippen molar-refractivity contribution in [3.63, 3.8) is 0 Å².